The van der Waals surface area contributed by atoms with E-state index in [0.717, 1.165) is 9.35 Å². The molecule has 1 unspecified atom stereocenters. The van der Waals surface area contributed by atoms with Gasteiger partial charge in [-0.05, 0) is 39.5 Å². The van der Waals surface area contributed by atoms with Crippen LogP contribution in [0.3, 0.4) is 0 Å². The van der Waals surface area contributed by atoms with E-state index in [1.807, 2.05) is 17.5 Å². The third-order valence-corrected chi connectivity index (χ3v) is 5.53. The number of nitrogens with one attached hydrogen (secondary N) is 1. The van der Waals surface area contributed by atoms with Crippen LogP contribution in [0, 0.1) is 5.82 Å². The van der Waals surface area contributed by atoms with Gasteiger partial charge in [0.15, 0.2) is 0 Å². The summed E-state index contributed by atoms with van der Waals surface area (Å²) in [6.45, 7) is 0. The van der Waals surface area contributed by atoms with Crippen molar-refractivity contribution >= 4 is 39.0 Å². The summed E-state index contributed by atoms with van der Waals surface area (Å²) in [6.07, 6.45) is 0. The van der Waals surface area contributed by atoms with Crippen molar-refractivity contribution in [2.24, 2.45) is 5.84 Å². The molecule has 96 valence electrons. The molecule has 0 aliphatic rings. The van der Waals surface area contributed by atoms with E-state index in [4.69, 9.17) is 5.84 Å². The van der Waals surface area contributed by atoms with E-state index < -0.39 is 0 Å². The first-order chi connectivity index (χ1) is 8.72. The predicted molar refractivity (Wildman–Crippen MR) is 79.2 cm³/mol. The smallest absolute Gasteiger partial charge is 0.136 e. The maximum Gasteiger partial charge on any atom is 0.136 e. The van der Waals surface area contributed by atoms with Crippen molar-refractivity contribution in [1.29, 1.82) is 0 Å². The van der Waals surface area contributed by atoms with Gasteiger partial charge in [0.05, 0.1) is 6.04 Å². The van der Waals surface area contributed by atoms with Crippen molar-refractivity contribution in [2.75, 3.05) is 5.75 Å². The minimum absolute atomic E-state index is 0.00369. The van der Waals surface area contributed by atoms with E-state index in [0.29, 0.717) is 10.6 Å². The summed E-state index contributed by atoms with van der Waals surface area (Å²) in [4.78, 5) is 1.77. The molecule has 18 heavy (non-hydrogen) atoms. The first-order valence-corrected chi connectivity index (χ1v) is 7.94. The molecule has 0 saturated carbocycles. The lowest BCUT2D eigenvalue weighted by Gasteiger charge is -2.14. The largest absolute Gasteiger partial charge is 0.271 e. The zero-order chi connectivity index (χ0) is 13.0. The van der Waals surface area contributed by atoms with Crippen molar-refractivity contribution in [3.05, 3.63) is 50.9 Å². The first kappa shape index (κ1) is 14.0. The Morgan fingerprint density at radius 3 is 2.78 bits per heavy atom. The zero-order valence-corrected chi connectivity index (χ0v) is 12.6. The molecule has 2 nitrogen and oxygen atoms in total. The van der Waals surface area contributed by atoms with Gasteiger partial charge in [-0.3, -0.25) is 11.3 Å². The van der Waals surface area contributed by atoms with Gasteiger partial charge in [-0.15, -0.1) is 23.1 Å². The summed E-state index contributed by atoms with van der Waals surface area (Å²) < 4.78 is 14.5. The van der Waals surface area contributed by atoms with Crippen LogP contribution in [0.4, 0.5) is 4.39 Å². The van der Waals surface area contributed by atoms with Gasteiger partial charge in [0.25, 0.3) is 0 Å². The van der Waals surface area contributed by atoms with Crippen molar-refractivity contribution in [1.82, 2.24) is 5.43 Å². The molecule has 0 aliphatic carbocycles. The number of rotatable bonds is 5. The van der Waals surface area contributed by atoms with E-state index in [2.05, 4.69) is 21.4 Å². The summed E-state index contributed by atoms with van der Waals surface area (Å²) in [5.74, 6) is 6.05. The molecule has 1 atom stereocenters. The summed E-state index contributed by atoms with van der Waals surface area (Å²) >= 11 is 6.56. The number of hydrazine groups is 1. The topological polar surface area (TPSA) is 38.0 Å². The van der Waals surface area contributed by atoms with Crippen LogP contribution in [0.25, 0.3) is 0 Å². The third-order valence-electron chi connectivity index (χ3n) is 2.40. The molecule has 2 aromatic rings. The number of hydrogen-bond acceptors (Lipinski definition) is 4. The average Bonchev–Trinajstić information content (AvgIpc) is 2.79. The molecule has 0 saturated heterocycles. The number of thioether (sulfide) groups is 1. The molecular weight excluding hydrogens is 335 g/mol. The summed E-state index contributed by atoms with van der Waals surface area (Å²) in [7, 11) is 0. The van der Waals surface area contributed by atoms with E-state index in [1.165, 1.54) is 17.8 Å². The number of halogens is 2. The lowest BCUT2D eigenvalue weighted by atomic mass is 10.3. The minimum atomic E-state index is -0.191. The van der Waals surface area contributed by atoms with Gasteiger partial charge in [-0.2, -0.15) is 0 Å². The Morgan fingerprint density at radius 1 is 1.39 bits per heavy atom. The Bertz CT molecular complexity index is 518. The molecule has 0 amide bonds. The second-order valence-corrected chi connectivity index (χ2v) is 6.46. The summed E-state index contributed by atoms with van der Waals surface area (Å²) in [6, 6.07) is 8.75. The quantitative estimate of drug-likeness (QED) is 0.489. The Balaban J connectivity index is 2.05. The van der Waals surface area contributed by atoms with E-state index >= 15 is 0 Å². The fraction of sp³-hybridized carbons (Fsp3) is 0.167. The minimum Gasteiger partial charge on any atom is -0.271 e. The molecule has 0 bridgehead atoms. The molecule has 1 aromatic heterocycles. The van der Waals surface area contributed by atoms with Gasteiger partial charge in [0.1, 0.15) is 5.82 Å². The third kappa shape index (κ3) is 3.33. The molecule has 6 heteroatoms. The van der Waals surface area contributed by atoms with Gasteiger partial charge in [-0.25, -0.2) is 4.39 Å². The number of benzene rings is 1. The van der Waals surface area contributed by atoms with Gasteiger partial charge < -0.3 is 0 Å². The van der Waals surface area contributed by atoms with Crippen molar-refractivity contribution in [3.63, 3.8) is 0 Å². The summed E-state index contributed by atoms with van der Waals surface area (Å²) in [5, 5.41) is 2.00. The zero-order valence-electron chi connectivity index (χ0n) is 9.40. The standard InChI is InChI=1S/C12H12BrFN2S2/c13-8-5-6-17-12(8)10(16-15)7-18-11-4-2-1-3-9(11)14/h1-6,10,16H,7,15H2. The molecule has 1 heterocycles. The average molecular weight is 347 g/mol. The van der Waals surface area contributed by atoms with Crippen molar-refractivity contribution < 1.29 is 4.39 Å². The maximum atomic E-state index is 13.5. The Labute approximate surface area is 122 Å². The molecule has 0 spiro atoms. The highest BCUT2D eigenvalue weighted by atomic mass is 79.9. The fourth-order valence-electron chi connectivity index (χ4n) is 1.49. The van der Waals surface area contributed by atoms with Crippen LogP contribution in [0.5, 0.6) is 0 Å². The molecule has 3 N–H and O–H groups in total. The number of hydrogen-bond donors (Lipinski definition) is 2. The Morgan fingerprint density at radius 2 is 2.17 bits per heavy atom. The van der Waals surface area contributed by atoms with Crippen molar-refractivity contribution in [2.45, 2.75) is 10.9 Å². The number of thiophene rings is 1. The first-order valence-electron chi connectivity index (χ1n) is 5.28. The van der Waals surface area contributed by atoms with Crippen LogP contribution >= 0.6 is 39.0 Å². The van der Waals surface area contributed by atoms with Gasteiger partial charge in [-0.1, -0.05) is 12.1 Å². The van der Waals surface area contributed by atoms with E-state index in [9.17, 15) is 4.39 Å². The molecule has 0 radical (unpaired) electrons. The van der Waals surface area contributed by atoms with Crippen LogP contribution in [-0.4, -0.2) is 5.75 Å². The van der Waals surface area contributed by atoms with E-state index in [-0.39, 0.29) is 11.9 Å². The highest BCUT2D eigenvalue weighted by Crippen LogP contribution is 2.33. The van der Waals surface area contributed by atoms with Crippen LogP contribution < -0.4 is 11.3 Å². The highest BCUT2D eigenvalue weighted by molar-refractivity contribution is 9.10. The molecule has 1 aromatic carbocycles. The highest BCUT2D eigenvalue weighted by Gasteiger charge is 2.15. The monoisotopic (exact) mass is 346 g/mol. The van der Waals surface area contributed by atoms with Crippen molar-refractivity contribution in [3.8, 4) is 0 Å². The molecule has 0 aliphatic heterocycles. The maximum absolute atomic E-state index is 13.5. The van der Waals surface area contributed by atoms with Crippen LogP contribution in [0.2, 0.25) is 0 Å². The lowest BCUT2D eigenvalue weighted by Crippen LogP contribution is -2.29. The number of nitrogens with two attached hydrogens (primary N) is 1. The SMILES string of the molecule is NNC(CSc1ccccc1F)c1sccc1Br. The molecular formula is C12H12BrFN2S2. The fourth-order valence-corrected chi connectivity index (χ4v) is 4.29. The Hall–Kier alpha value is -0.400. The second kappa shape index (κ2) is 6.68. The lowest BCUT2D eigenvalue weighted by molar-refractivity contribution is 0.598. The molecule has 0 fully saturated rings. The van der Waals surface area contributed by atoms with Crippen LogP contribution in [-0.2, 0) is 0 Å². The normalized spacial score (nSPS) is 12.6. The second-order valence-electron chi connectivity index (χ2n) is 3.59. The van der Waals surface area contributed by atoms with Crippen LogP contribution in [0.1, 0.15) is 10.9 Å². The van der Waals surface area contributed by atoms with Crippen LogP contribution in [0.15, 0.2) is 45.1 Å². The Kier molecular flexibility index (Phi) is 5.20. The van der Waals surface area contributed by atoms with Gasteiger partial charge >= 0.3 is 0 Å². The van der Waals surface area contributed by atoms with Gasteiger partial charge in [0, 0.05) is 20.0 Å². The van der Waals surface area contributed by atoms with Gasteiger partial charge in [0.2, 0.25) is 0 Å². The predicted octanol–water partition coefficient (Wildman–Crippen LogP) is 3.95. The summed E-state index contributed by atoms with van der Waals surface area (Å²) in [5.41, 5.74) is 2.77. The van der Waals surface area contributed by atoms with E-state index in [1.54, 1.807) is 23.5 Å². The molecule has 2 rings (SSSR count).